The van der Waals surface area contributed by atoms with Crippen LogP contribution < -0.4 is 16.4 Å². The van der Waals surface area contributed by atoms with Crippen LogP contribution in [0.5, 0.6) is 0 Å². The molecule has 0 aromatic carbocycles. The summed E-state index contributed by atoms with van der Waals surface area (Å²) in [6.45, 7) is 3.82. The molecule has 0 saturated heterocycles. The largest absolute Gasteiger partial charge is 0.478 e. The molecule has 8 heteroatoms. The number of carboxylic acid groups (broad SMARTS) is 1. The number of allylic oxidation sites excluding steroid dienone is 3. The van der Waals surface area contributed by atoms with E-state index in [0.717, 1.165) is 12.0 Å². The maximum Gasteiger partial charge on any atom is 0.337 e. The normalized spacial score (nSPS) is 16.5. The predicted molar refractivity (Wildman–Crippen MR) is 82.4 cm³/mol. The number of carboxylic acids is 1. The number of nitrogens with two attached hydrogens (primary N) is 2. The van der Waals surface area contributed by atoms with Crippen molar-refractivity contribution in [3.05, 3.63) is 35.1 Å². The average Bonchev–Trinajstić information content (AvgIpc) is 2.44. The summed E-state index contributed by atoms with van der Waals surface area (Å²) in [5, 5.41) is 13.5. The maximum absolute atomic E-state index is 10.7. The lowest BCUT2D eigenvalue weighted by molar-refractivity contribution is -0.132. The van der Waals surface area contributed by atoms with Crippen LogP contribution in [-0.2, 0) is 14.8 Å². The van der Waals surface area contributed by atoms with Gasteiger partial charge in [-0.2, -0.15) is 0 Å². The van der Waals surface area contributed by atoms with Gasteiger partial charge in [-0.1, -0.05) is 25.5 Å². The number of carbonyl (C=O) groups is 1. The van der Waals surface area contributed by atoms with Crippen LogP contribution in [0, 0.1) is 0 Å². The number of nitrogens with one attached hydrogen (secondary N) is 1. The first kappa shape index (κ1) is 19.4. The minimum atomic E-state index is -3.19. The standard InChI is InChI=1S/C9H12N2O2.C4H11NO2S/c1-2-6-3-4-7(9(12)13)8(5-6)11-10;1-2-3-4-8(5,6)7/h2-4,11H,5,10H2,1H3,(H,12,13);2-4H2,1H3,(H2,5,6,7). The van der Waals surface area contributed by atoms with Crippen LogP contribution in [0.2, 0.25) is 0 Å². The monoisotopic (exact) mass is 317 g/mol. The summed E-state index contributed by atoms with van der Waals surface area (Å²) >= 11 is 0. The third kappa shape index (κ3) is 8.28. The summed E-state index contributed by atoms with van der Waals surface area (Å²) in [5.74, 6) is 4.37. The number of hydrazine groups is 1. The van der Waals surface area contributed by atoms with E-state index in [-0.39, 0.29) is 11.3 Å². The molecule has 120 valence electrons. The predicted octanol–water partition coefficient (Wildman–Crippen LogP) is 0.770. The van der Waals surface area contributed by atoms with Crippen molar-refractivity contribution in [1.29, 1.82) is 0 Å². The minimum absolute atomic E-state index is 0.115. The highest BCUT2D eigenvalue weighted by molar-refractivity contribution is 7.89. The van der Waals surface area contributed by atoms with Gasteiger partial charge in [0.25, 0.3) is 0 Å². The van der Waals surface area contributed by atoms with E-state index in [1.807, 2.05) is 19.9 Å². The molecule has 0 bridgehead atoms. The van der Waals surface area contributed by atoms with Crippen LogP contribution in [0.3, 0.4) is 0 Å². The summed E-state index contributed by atoms with van der Waals surface area (Å²) < 4.78 is 20.3. The molecule has 0 atom stereocenters. The number of rotatable bonds is 5. The highest BCUT2D eigenvalue weighted by Crippen LogP contribution is 2.20. The molecular weight excluding hydrogens is 294 g/mol. The molecule has 1 aliphatic rings. The summed E-state index contributed by atoms with van der Waals surface area (Å²) in [6.07, 6.45) is 7.34. The summed E-state index contributed by atoms with van der Waals surface area (Å²) in [5.41, 5.74) is 4.23. The van der Waals surface area contributed by atoms with E-state index in [9.17, 15) is 13.2 Å². The second kappa shape index (κ2) is 9.32. The van der Waals surface area contributed by atoms with Crippen molar-refractivity contribution in [3.63, 3.8) is 0 Å². The molecule has 0 saturated carbocycles. The Balaban J connectivity index is 0.000000433. The van der Waals surface area contributed by atoms with Gasteiger partial charge >= 0.3 is 5.97 Å². The molecule has 0 heterocycles. The lowest BCUT2D eigenvalue weighted by Gasteiger charge is -2.14. The Hall–Kier alpha value is -1.64. The van der Waals surface area contributed by atoms with Crippen molar-refractivity contribution in [2.24, 2.45) is 11.0 Å². The molecule has 0 fully saturated rings. The number of aliphatic carboxylic acids is 1. The van der Waals surface area contributed by atoms with Gasteiger partial charge in [-0.15, -0.1) is 0 Å². The fraction of sp³-hybridized carbons (Fsp3) is 0.462. The first-order chi connectivity index (χ1) is 9.75. The van der Waals surface area contributed by atoms with Crippen molar-refractivity contribution in [2.75, 3.05) is 5.75 Å². The van der Waals surface area contributed by atoms with Gasteiger partial charge in [-0.05, 0) is 25.0 Å². The van der Waals surface area contributed by atoms with Gasteiger partial charge in [-0.25, -0.2) is 18.4 Å². The minimum Gasteiger partial charge on any atom is -0.478 e. The molecular formula is C13H23N3O4S. The zero-order chi connectivity index (χ0) is 16.5. The molecule has 21 heavy (non-hydrogen) atoms. The first-order valence-electron chi connectivity index (χ1n) is 6.52. The van der Waals surface area contributed by atoms with Crippen molar-refractivity contribution in [1.82, 2.24) is 5.43 Å². The van der Waals surface area contributed by atoms with Gasteiger partial charge < -0.3 is 10.5 Å². The van der Waals surface area contributed by atoms with Crippen LogP contribution in [0.25, 0.3) is 0 Å². The molecule has 1 aliphatic carbocycles. The molecule has 7 nitrogen and oxygen atoms in total. The van der Waals surface area contributed by atoms with E-state index in [1.165, 1.54) is 0 Å². The smallest absolute Gasteiger partial charge is 0.337 e. The van der Waals surface area contributed by atoms with Crippen molar-refractivity contribution < 1.29 is 18.3 Å². The fourth-order valence-corrected chi connectivity index (χ4v) is 2.21. The Labute approximate surface area is 125 Å². The van der Waals surface area contributed by atoms with Crippen LogP contribution in [-0.4, -0.2) is 25.2 Å². The fourth-order valence-electron chi connectivity index (χ4n) is 1.52. The molecule has 0 aromatic rings. The Morgan fingerprint density at radius 2 is 2.10 bits per heavy atom. The molecule has 0 unspecified atom stereocenters. The number of primary sulfonamides is 1. The third-order valence-corrected chi connectivity index (χ3v) is 3.59. The van der Waals surface area contributed by atoms with E-state index in [0.29, 0.717) is 18.5 Å². The van der Waals surface area contributed by atoms with Gasteiger partial charge in [0.2, 0.25) is 10.0 Å². The van der Waals surface area contributed by atoms with Crippen LogP contribution in [0.15, 0.2) is 35.1 Å². The summed E-state index contributed by atoms with van der Waals surface area (Å²) in [7, 11) is -3.19. The molecule has 0 radical (unpaired) electrons. The maximum atomic E-state index is 10.7. The Kier molecular flexibility index (Phi) is 8.60. The average molecular weight is 317 g/mol. The zero-order valence-electron chi connectivity index (χ0n) is 12.3. The topological polar surface area (TPSA) is 136 Å². The number of hydrogen-bond donors (Lipinski definition) is 4. The SMILES string of the molecule is CC=C1C=CC(C(=O)O)=C(NN)C1.CCCCS(N)(=O)=O. The molecule has 0 aromatic heterocycles. The van der Waals surface area contributed by atoms with Gasteiger partial charge in [0.15, 0.2) is 0 Å². The molecule has 0 amide bonds. The number of sulfonamides is 1. The van der Waals surface area contributed by atoms with Gasteiger partial charge in [0.05, 0.1) is 11.3 Å². The quantitative estimate of drug-likeness (QED) is 0.437. The summed E-state index contributed by atoms with van der Waals surface area (Å²) in [4.78, 5) is 10.7. The van der Waals surface area contributed by atoms with Crippen molar-refractivity contribution >= 4 is 16.0 Å². The van der Waals surface area contributed by atoms with E-state index in [1.54, 1.807) is 12.2 Å². The van der Waals surface area contributed by atoms with E-state index >= 15 is 0 Å². The second-order valence-electron chi connectivity index (χ2n) is 4.44. The van der Waals surface area contributed by atoms with Gasteiger partial charge in [0.1, 0.15) is 0 Å². The van der Waals surface area contributed by atoms with Gasteiger partial charge in [0, 0.05) is 12.1 Å². The van der Waals surface area contributed by atoms with E-state index in [4.69, 9.17) is 16.1 Å². The zero-order valence-corrected chi connectivity index (χ0v) is 13.1. The van der Waals surface area contributed by atoms with E-state index < -0.39 is 16.0 Å². The molecule has 1 rings (SSSR count). The molecule has 0 spiro atoms. The number of unbranched alkanes of at least 4 members (excludes halogenated alkanes) is 1. The Bertz CT molecular complexity index is 548. The highest BCUT2D eigenvalue weighted by Gasteiger charge is 2.15. The molecule has 0 aliphatic heterocycles. The molecule has 6 N–H and O–H groups in total. The Morgan fingerprint density at radius 3 is 2.43 bits per heavy atom. The third-order valence-electron chi connectivity index (χ3n) is 2.73. The second-order valence-corrected chi connectivity index (χ2v) is 6.17. The van der Waals surface area contributed by atoms with Crippen LogP contribution >= 0.6 is 0 Å². The number of hydrogen-bond acceptors (Lipinski definition) is 5. The van der Waals surface area contributed by atoms with Crippen molar-refractivity contribution in [2.45, 2.75) is 33.1 Å². The summed E-state index contributed by atoms with van der Waals surface area (Å²) in [6, 6.07) is 0. The van der Waals surface area contributed by atoms with E-state index in [2.05, 4.69) is 5.43 Å². The van der Waals surface area contributed by atoms with Crippen LogP contribution in [0.4, 0.5) is 0 Å². The lowest BCUT2D eigenvalue weighted by Crippen LogP contribution is -2.25. The lowest BCUT2D eigenvalue weighted by atomic mass is 9.99. The van der Waals surface area contributed by atoms with Crippen LogP contribution in [0.1, 0.15) is 33.1 Å². The first-order valence-corrected chi connectivity index (χ1v) is 8.23. The highest BCUT2D eigenvalue weighted by atomic mass is 32.2. The van der Waals surface area contributed by atoms with Gasteiger partial charge in [-0.3, -0.25) is 5.84 Å². The van der Waals surface area contributed by atoms with Crippen molar-refractivity contribution in [3.8, 4) is 0 Å². The Morgan fingerprint density at radius 1 is 1.48 bits per heavy atom.